The van der Waals surface area contributed by atoms with E-state index in [1.54, 1.807) is 0 Å². The summed E-state index contributed by atoms with van der Waals surface area (Å²) in [4.78, 5) is 2.13. The Morgan fingerprint density at radius 3 is 2.75 bits per heavy atom. The summed E-state index contributed by atoms with van der Waals surface area (Å²) in [6.07, 6.45) is 0. The average Bonchev–Trinajstić information content (AvgIpc) is 2.25. The molecule has 0 radical (unpaired) electrons. The van der Waals surface area contributed by atoms with Crippen molar-refractivity contribution in [1.82, 2.24) is 10.2 Å². The Morgan fingerprint density at radius 1 is 1.50 bits per heavy atom. The molecule has 4 heteroatoms. The number of hydrogen-bond donors (Lipinski definition) is 1. The first-order valence-electron chi connectivity index (χ1n) is 5.36. The van der Waals surface area contributed by atoms with Crippen molar-refractivity contribution in [2.75, 3.05) is 27.2 Å². The molecular formula is C12H18BrFN2. The van der Waals surface area contributed by atoms with Gasteiger partial charge in [0.25, 0.3) is 0 Å². The van der Waals surface area contributed by atoms with Gasteiger partial charge in [0.05, 0.1) is 0 Å². The van der Waals surface area contributed by atoms with Gasteiger partial charge in [0, 0.05) is 29.2 Å². The van der Waals surface area contributed by atoms with Crippen molar-refractivity contribution in [2.24, 2.45) is 0 Å². The summed E-state index contributed by atoms with van der Waals surface area (Å²) in [7, 11) is 3.92. The number of benzene rings is 1. The quantitative estimate of drug-likeness (QED) is 0.896. The van der Waals surface area contributed by atoms with Crippen LogP contribution in [-0.2, 0) is 0 Å². The third-order valence-electron chi connectivity index (χ3n) is 2.79. The van der Waals surface area contributed by atoms with Gasteiger partial charge in [-0.25, -0.2) is 4.39 Å². The second kappa shape index (κ2) is 6.33. The molecule has 2 nitrogen and oxygen atoms in total. The van der Waals surface area contributed by atoms with Crippen LogP contribution < -0.4 is 5.32 Å². The van der Waals surface area contributed by atoms with Gasteiger partial charge >= 0.3 is 0 Å². The topological polar surface area (TPSA) is 15.3 Å². The Labute approximate surface area is 105 Å². The lowest BCUT2D eigenvalue weighted by atomic mass is 10.1. The lowest BCUT2D eigenvalue weighted by Gasteiger charge is -2.25. The molecule has 0 heterocycles. The third-order valence-corrected chi connectivity index (χ3v) is 3.28. The minimum Gasteiger partial charge on any atom is -0.318 e. The molecule has 0 spiro atoms. The summed E-state index contributed by atoms with van der Waals surface area (Å²) in [5.74, 6) is -0.154. The molecule has 0 saturated carbocycles. The van der Waals surface area contributed by atoms with Gasteiger partial charge in [-0.2, -0.15) is 0 Å². The zero-order valence-corrected chi connectivity index (χ0v) is 11.5. The van der Waals surface area contributed by atoms with Gasteiger partial charge in [-0.1, -0.05) is 22.0 Å². The van der Waals surface area contributed by atoms with E-state index < -0.39 is 0 Å². The van der Waals surface area contributed by atoms with E-state index >= 15 is 0 Å². The molecule has 0 aliphatic carbocycles. The molecule has 1 rings (SSSR count). The highest BCUT2D eigenvalue weighted by Gasteiger charge is 2.15. The molecule has 1 aromatic carbocycles. The molecule has 0 fully saturated rings. The number of rotatable bonds is 5. The van der Waals surface area contributed by atoms with E-state index in [-0.39, 0.29) is 11.9 Å². The SMILES string of the molecule is CNCCN(C)C(C)c1ccc(Br)cc1F. The monoisotopic (exact) mass is 288 g/mol. The highest BCUT2D eigenvalue weighted by molar-refractivity contribution is 9.10. The second-order valence-electron chi connectivity index (χ2n) is 3.93. The molecule has 1 N–H and O–H groups in total. The van der Waals surface area contributed by atoms with Gasteiger partial charge in [-0.15, -0.1) is 0 Å². The summed E-state index contributed by atoms with van der Waals surface area (Å²) in [6.45, 7) is 3.81. The summed E-state index contributed by atoms with van der Waals surface area (Å²) in [6, 6.07) is 5.31. The Balaban J connectivity index is 2.75. The lowest BCUT2D eigenvalue weighted by molar-refractivity contribution is 0.258. The van der Waals surface area contributed by atoms with Gasteiger partial charge in [0.15, 0.2) is 0 Å². The van der Waals surface area contributed by atoms with E-state index in [9.17, 15) is 4.39 Å². The van der Waals surface area contributed by atoms with Crippen molar-refractivity contribution >= 4 is 15.9 Å². The minimum atomic E-state index is -0.154. The van der Waals surface area contributed by atoms with Crippen LogP contribution in [0.3, 0.4) is 0 Å². The molecule has 1 atom stereocenters. The maximum atomic E-state index is 13.7. The summed E-state index contributed by atoms with van der Waals surface area (Å²) >= 11 is 3.26. The third kappa shape index (κ3) is 3.54. The van der Waals surface area contributed by atoms with Gasteiger partial charge in [-0.3, -0.25) is 4.90 Å². The number of nitrogens with zero attached hydrogens (tertiary/aromatic N) is 1. The van der Waals surface area contributed by atoms with Gasteiger partial charge in [0.2, 0.25) is 0 Å². The molecule has 0 aromatic heterocycles. The molecule has 0 saturated heterocycles. The number of nitrogens with one attached hydrogen (secondary N) is 1. The minimum absolute atomic E-state index is 0.0847. The van der Waals surface area contributed by atoms with Crippen LogP contribution in [0.2, 0.25) is 0 Å². The largest absolute Gasteiger partial charge is 0.318 e. The van der Waals surface area contributed by atoms with Crippen LogP contribution in [0.5, 0.6) is 0 Å². The van der Waals surface area contributed by atoms with Crippen molar-refractivity contribution < 1.29 is 4.39 Å². The number of hydrogen-bond acceptors (Lipinski definition) is 2. The first-order chi connectivity index (χ1) is 7.56. The van der Waals surface area contributed by atoms with Crippen LogP contribution in [0.1, 0.15) is 18.5 Å². The number of likely N-dealkylation sites (N-methyl/N-ethyl adjacent to an activating group) is 2. The molecule has 0 amide bonds. The van der Waals surface area contributed by atoms with Crippen LogP contribution in [0.25, 0.3) is 0 Å². The van der Waals surface area contributed by atoms with E-state index in [1.165, 1.54) is 6.07 Å². The molecule has 1 unspecified atom stereocenters. The lowest BCUT2D eigenvalue weighted by Crippen LogP contribution is -2.30. The fourth-order valence-electron chi connectivity index (χ4n) is 1.56. The molecule has 1 aromatic rings. The standard InChI is InChI=1S/C12H18BrFN2/c1-9(16(3)7-6-15-2)11-5-4-10(13)8-12(11)14/h4-5,8-9,15H,6-7H2,1-3H3. The van der Waals surface area contributed by atoms with E-state index in [2.05, 4.69) is 26.1 Å². The molecule has 90 valence electrons. The van der Waals surface area contributed by atoms with Gasteiger partial charge in [0.1, 0.15) is 5.82 Å². The molecular weight excluding hydrogens is 271 g/mol. The predicted molar refractivity (Wildman–Crippen MR) is 69.1 cm³/mol. The Morgan fingerprint density at radius 2 is 2.19 bits per heavy atom. The van der Waals surface area contributed by atoms with Crippen LogP contribution in [-0.4, -0.2) is 32.1 Å². The van der Waals surface area contributed by atoms with Crippen molar-refractivity contribution in [3.8, 4) is 0 Å². The van der Waals surface area contributed by atoms with Crippen molar-refractivity contribution in [1.29, 1.82) is 0 Å². The Hall–Kier alpha value is -0.450. The predicted octanol–water partition coefficient (Wildman–Crippen LogP) is 2.80. The average molecular weight is 289 g/mol. The Bertz CT molecular complexity index is 344. The van der Waals surface area contributed by atoms with Crippen molar-refractivity contribution in [3.63, 3.8) is 0 Å². The summed E-state index contributed by atoms with van der Waals surface area (Å²) in [5.41, 5.74) is 0.738. The fourth-order valence-corrected chi connectivity index (χ4v) is 1.89. The van der Waals surface area contributed by atoms with E-state index in [0.717, 1.165) is 23.1 Å². The maximum absolute atomic E-state index is 13.7. The van der Waals surface area contributed by atoms with Crippen molar-refractivity contribution in [3.05, 3.63) is 34.1 Å². The smallest absolute Gasteiger partial charge is 0.129 e. The molecule has 0 aliphatic heterocycles. The first-order valence-corrected chi connectivity index (χ1v) is 6.15. The maximum Gasteiger partial charge on any atom is 0.129 e. The molecule has 16 heavy (non-hydrogen) atoms. The van der Waals surface area contributed by atoms with Crippen LogP contribution >= 0.6 is 15.9 Å². The Kier molecular flexibility index (Phi) is 5.38. The van der Waals surface area contributed by atoms with E-state index in [0.29, 0.717) is 0 Å². The normalized spacial score (nSPS) is 13.1. The first kappa shape index (κ1) is 13.6. The second-order valence-corrected chi connectivity index (χ2v) is 4.84. The zero-order valence-electron chi connectivity index (χ0n) is 9.93. The molecule has 0 bridgehead atoms. The van der Waals surface area contributed by atoms with Gasteiger partial charge in [-0.05, 0) is 33.2 Å². The number of halogens is 2. The highest BCUT2D eigenvalue weighted by Crippen LogP contribution is 2.24. The molecule has 0 aliphatic rings. The summed E-state index contributed by atoms with van der Waals surface area (Å²) < 4.78 is 14.5. The fraction of sp³-hybridized carbons (Fsp3) is 0.500. The van der Waals surface area contributed by atoms with E-state index in [1.807, 2.05) is 33.2 Å². The summed E-state index contributed by atoms with van der Waals surface area (Å²) in [5, 5.41) is 3.09. The van der Waals surface area contributed by atoms with E-state index in [4.69, 9.17) is 0 Å². The van der Waals surface area contributed by atoms with Crippen LogP contribution in [0, 0.1) is 5.82 Å². The van der Waals surface area contributed by atoms with Crippen LogP contribution in [0.4, 0.5) is 4.39 Å². The van der Waals surface area contributed by atoms with Crippen LogP contribution in [0.15, 0.2) is 22.7 Å². The zero-order chi connectivity index (χ0) is 12.1. The highest BCUT2D eigenvalue weighted by atomic mass is 79.9. The van der Waals surface area contributed by atoms with Crippen molar-refractivity contribution in [2.45, 2.75) is 13.0 Å². The van der Waals surface area contributed by atoms with Gasteiger partial charge < -0.3 is 5.32 Å².